The molecule has 29 heavy (non-hydrogen) atoms. The van der Waals surface area contributed by atoms with E-state index in [1.165, 1.54) is 35.3 Å². The maximum absolute atomic E-state index is 13.0. The summed E-state index contributed by atoms with van der Waals surface area (Å²) < 4.78 is 54.4. The Morgan fingerprint density at radius 3 is 2.52 bits per heavy atom. The summed E-state index contributed by atoms with van der Waals surface area (Å²) in [4.78, 5) is 16.6. The third-order valence-electron chi connectivity index (χ3n) is 3.99. The van der Waals surface area contributed by atoms with Crippen molar-refractivity contribution in [1.29, 1.82) is 0 Å². The largest absolute Gasteiger partial charge is 0.573 e. The number of nitrogens with zero attached hydrogens (tertiary/aromatic N) is 2. The number of carbonyl (C=O) groups excluding carboxylic acids is 1. The minimum atomic E-state index is -4.85. The van der Waals surface area contributed by atoms with Crippen LogP contribution < -0.4 is 15.9 Å². The summed E-state index contributed by atoms with van der Waals surface area (Å²) in [5.41, 5.74) is 9.59. The van der Waals surface area contributed by atoms with E-state index in [4.69, 9.17) is 5.73 Å². The van der Waals surface area contributed by atoms with Crippen molar-refractivity contribution >= 4 is 23.1 Å². The van der Waals surface area contributed by atoms with Crippen LogP contribution in [-0.4, -0.2) is 29.7 Å². The molecule has 1 aliphatic heterocycles. The van der Waals surface area contributed by atoms with Gasteiger partial charge in [-0.2, -0.15) is 0 Å². The zero-order valence-electron chi connectivity index (χ0n) is 15.0. The molecule has 3 N–H and O–H groups in total. The van der Waals surface area contributed by atoms with E-state index in [0.717, 1.165) is 12.1 Å². The number of halogens is 4. The third-order valence-corrected chi connectivity index (χ3v) is 3.99. The maximum atomic E-state index is 13.0. The lowest BCUT2D eigenvalue weighted by atomic mass is 10.1. The van der Waals surface area contributed by atoms with Crippen molar-refractivity contribution in [1.82, 2.24) is 10.4 Å². The smallest absolute Gasteiger partial charge is 0.406 e. The first-order valence-electron chi connectivity index (χ1n) is 8.37. The predicted octanol–water partition coefficient (Wildman–Crippen LogP) is 3.27. The van der Waals surface area contributed by atoms with Crippen molar-refractivity contribution in [3.05, 3.63) is 66.0 Å². The van der Waals surface area contributed by atoms with Crippen LogP contribution in [0.4, 0.5) is 23.2 Å². The zero-order chi connectivity index (χ0) is 21.2. The first kappa shape index (κ1) is 20.3. The number of aliphatic imine (C=N–C) groups is 1. The number of amides is 1. The van der Waals surface area contributed by atoms with E-state index in [-0.39, 0.29) is 30.1 Å². The Balaban J connectivity index is 1.81. The summed E-state index contributed by atoms with van der Waals surface area (Å²) in [5.74, 6) is -1.09. The highest BCUT2D eigenvalue weighted by Gasteiger charge is 2.32. The van der Waals surface area contributed by atoms with Gasteiger partial charge in [0.25, 0.3) is 0 Å². The first-order valence-corrected chi connectivity index (χ1v) is 8.37. The predicted molar refractivity (Wildman–Crippen MR) is 98.4 cm³/mol. The number of amidine groups is 1. The highest BCUT2D eigenvalue weighted by molar-refractivity contribution is 6.00. The fourth-order valence-corrected chi connectivity index (χ4v) is 2.73. The lowest BCUT2D eigenvalue weighted by Crippen LogP contribution is -2.48. The van der Waals surface area contributed by atoms with E-state index < -0.39 is 23.8 Å². The fraction of sp³-hybridized carbons (Fsp3) is 0.158. The van der Waals surface area contributed by atoms with Crippen molar-refractivity contribution in [3.63, 3.8) is 0 Å². The van der Waals surface area contributed by atoms with Gasteiger partial charge in [-0.05, 0) is 35.9 Å². The van der Waals surface area contributed by atoms with Crippen molar-refractivity contribution in [3.8, 4) is 5.75 Å². The third kappa shape index (κ3) is 4.91. The average Bonchev–Trinajstić information content (AvgIpc) is 2.65. The van der Waals surface area contributed by atoms with Crippen LogP contribution in [-0.2, 0) is 11.2 Å². The number of carbonyl (C=O) groups is 1. The Kier molecular flexibility index (Phi) is 5.55. The van der Waals surface area contributed by atoms with Crippen molar-refractivity contribution in [2.45, 2.75) is 12.8 Å². The lowest BCUT2D eigenvalue weighted by Gasteiger charge is -2.32. The van der Waals surface area contributed by atoms with E-state index in [1.54, 1.807) is 0 Å². The van der Waals surface area contributed by atoms with Gasteiger partial charge in [-0.15, -0.1) is 13.2 Å². The molecule has 1 aliphatic rings. The van der Waals surface area contributed by atoms with Crippen LogP contribution in [0.25, 0.3) is 5.70 Å². The van der Waals surface area contributed by atoms with Crippen LogP contribution in [0.3, 0.4) is 0 Å². The molecule has 1 heterocycles. The van der Waals surface area contributed by atoms with Crippen molar-refractivity contribution < 1.29 is 27.1 Å². The summed E-state index contributed by atoms with van der Waals surface area (Å²) >= 11 is 0. The summed E-state index contributed by atoms with van der Waals surface area (Å²) in [7, 11) is 0. The second kappa shape index (κ2) is 7.92. The van der Waals surface area contributed by atoms with Gasteiger partial charge in [-0.3, -0.25) is 10.2 Å². The molecular formula is C19H16F4N4O2. The second-order valence-electron chi connectivity index (χ2n) is 6.08. The quantitative estimate of drug-likeness (QED) is 0.745. The van der Waals surface area contributed by atoms with Gasteiger partial charge in [0.1, 0.15) is 17.4 Å². The van der Waals surface area contributed by atoms with Crippen LogP contribution in [0.1, 0.15) is 11.1 Å². The van der Waals surface area contributed by atoms with E-state index in [1.807, 2.05) is 0 Å². The van der Waals surface area contributed by atoms with Crippen molar-refractivity contribution in [2.24, 2.45) is 10.7 Å². The van der Waals surface area contributed by atoms with Crippen LogP contribution in [0, 0.1) is 5.82 Å². The average molecular weight is 408 g/mol. The second-order valence-corrected chi connectivity index (χ2v) is 6.08. The summed E-state index contributed by atoms with van der Waals surface area (Å²) in [5, 5.41) is 1.21. The van der Waals surface area contributed by atoms with E-state index in [0.29, 0.717) is 11.3 Å². The number of rotatable bonds is 5. The number of nitrogens with two attached hydrogens (primary N) is 1. The lowest BCUT2D eigenvalue weighted by molar-refractivity contribution is -0.274. The molecule has 0 aromatic heterocycles. The Morgan fingerprint density at radius 1 is 1.21 bits per heavy atom. The van der Waals surface area contributed by atoms with E-state index in [9.17, 15) is 22.4 Å². The summed E-state index contributed by atoms with van der Waals surface area (Å²) in [6, 6.07) is 8.99. The fourth-order valence-electron chi connectivity index (χ4n) is 2.73. The van der Waals surface area contributed by atoms with Crippen LogP contribution >= 0.6 is 0 Å². The molecule has 0 atom stereocenters. The van der Waals surface area contributed by atoms with Gasteiger partial charge in [0.15, 0.2) is 0 Å². The Labute approximate surface area is 163 Å². The summed E-state index contributed by atoms with van der Waals surface area (Å²) in [6.45, 7) is 3.77. The number of hydrogen-bond acceptors (Lipinski definition) is 5. The minimum absolute atomic E-state index is 0.0594. The topological polar surface area (TPSA) is 80.0 Å². The van der Waals surface area contributed by atoms with Gasteiger partial charge in [0.05, 0.1) is 24.4 Å². The van der Waals surface area contributed by atoms with Gasteiger partial charge in [-0.1, -0.05) is 18.7 Å². The molecular weight excluding hydrogens is 392 g/mol. The molecule has 0 bridgehead atoms. The molecule has 0 aliphatic carbocycles. The van der Waals surface area contributed by atoms with E-state index >= 15 is 0 Å². The molecule has 2 aromatic rings. The normalized spacial score (nSPS) is 13.6. The Hall–Kier alpha value is -3.40. The number of alkyl halides is 3. The van der Waals surface area contributed by atoms with Gasteiger partial charge in [0, 0.05) is 5.56 Å². The van der Waals surface area contributed by atoms with Gasteiger partial charge >= 0.3 is 6.36 Å². The zero-order valence-corrected chi connectivity index (χ0v) is 15.0. The van der Waals surface area contributed by atoms with E-state index in [2.05, 4.69) is 21.7 Å². The van der Waals surface area contributed by atoms with Crippen LogP contribution in [0.5, 0.6) is 5.75 Å². The molecule has 152 valence electrons. The first-order chi connectivity index (χ1) is 13.7. The number of fused-ring (bicyclic) bond motifs is 1. The standard InChI is InChI=1S/C19H16F4N4O2/c1-11-15-9-14(29-19(21,22)23)6-7-16(15)25-17(10-24)27(11)26-18(28)8-12-2-4-13(20)5-3-12/h2-7,9H,1,8,10,24H2,(H,26,28). The molecule has 10 heteroatoms. The number of nitrogens with one attached hydrogen (secondary N) is 1. The highest BCUT2D eigenvalue weighted by Crippen LogP contribution is 2.36. The molecule has 0 saturated carbocycles. The maximum Gasteiger partial charge on any atom is 0.573 e. The van der Waals surface area contributed by atoms with Crippen LogP contribution in [0.15, 0.2) is 54.0 Å². The SMILES string of the molecule is C=C1c2cc(OC(F)(F)F)ccc2N=C(CN)N1NC(=O)Cc1ccc(F)cc1. The Morgan fingerprint density at radius 2 is 1.90 bits per heavy atom. The number of ether oxygens (including phenoxy) is 1. The Bertz CT molecular complexity index is 971. The molecule has 3 rings (SSSR count). The molecule has 2 aromatic carbocycles. The number of hydrogen-bond donors (Lipinski definition) is 2. The van der Waals surface area contributed by atoms with Gasteiger partial charge in [-0.25, -0.2) is 14.4 Å². The minimum Gasteiger partial charge on any atom is -0.406 e. The molecule has 0 fully saturated rings. The highest BCUT2D eigenvalue weighted by atomic mass is 19.4. The monoisotopic (exact) mass is 408 g/mol. The number of benzene rings is 2. The molecule has 0 unspecified atom stereocenters. The number of hydrazine groups is 1. The molecule has 0 spiro atoms. The molecule has 1 amide bonds. The van der Waals surface area contributed by atoms with Gasteiger partial charge < -0.3 is 10.5 Å². The molecule has 0 saturated heterocycles. The molecule has 0 radical (unpaired) electrons. The summed E-state index contributed by atoms with van der Waals surface area (Å²) in [6.07, 6.45) is -4.91. The van der Waals surface area contributed by atoms with Crippen LogP contribution in [0.2, 0.25) is 0 Å². The van der Waals surface area contributed by atoms with Crippen molar-refractivity contribution in [2.75, 3.05) is 6.54 Å². The molecule has 6 nitrogen and oxygen atoms in total. The van der Waals surface area contributed by atoms with Gasteiger partial charge in [0.2, 0.25) is 5.91 Å².